The van der Waals surface area contributed by atoms with Gasteiger partial charge < -0.3 is 16.0 Å². The highest BCUT2D eigenvalue weighted by Crippen LogP contribution is 2.31. The van der Waals surface area contributed by atoms with Crippen molar-refractivity contribution < 1.29 is 14.4 Å². The summed E-state index contributed by atoms with van der Waals surface area (Å²) < 4.78 is 1.65. The number of benzene rings is 3. The van der Waals surface area contributed by atoms with Gasteiger partial charge in [0.1, 0.15) is 0 Å². The van der Waals surface area contributed by atoms with Gasteiger partial charge in [-0.3, -0.25) is 14.4 Å². The number of anilines is 3. The van der Waals surface area contributed by atoms with Crippen molar-refractivity contribution in [1.29, 1.82) is 0 Å². The molecule has 0 spiro atoms. The van der Waals surface area contributed by atoms with Crippen molar-refractivity contribution in [3.8, 4) is 0 Å². The van der Waals surface area contributed by atoms with Gasteiger partial charge >= 0.3 is 0 Å². The van der Waals surface area contributed by atoms with E-state index in [9.17, 15) is 14.4 Å². The van der Waals surface area contributed by atoms with Crippen molar-refractivity contribution in [3.63, 3.8) is 0 Å². The van der Waals surface area contributed by atoms with E-state index in [2.05, 4.69) is 20.9 Å². The van der Waals surface area contributed by atoms with E-state index in [0.717, 1.165) is 14.6 Å². The van der Waals surface area contributed by atoms with Crippen molar-refractivity contribution in [2.75, 3.05) is 21.7 Å². The van der Waals surface area contributed by atoms with Crippen LogP contribution in [0.15, 0.2) is 71.1 Å². The Morgan fingerprint density at radius 1 is 0.912 bits per heavy atom. The number of rotatable bonds is 7. The van der Waals surface area contributed by atoms with Gasteiger partial charge in [0.05, 0.1) is 26.6 Å². The molecule has 7 nitrogen and oxygen atoms in total. The third kappa shape index (κ3) is 6.13. The van der Waals surface area contributed by atoms with Crippen LogP contribution in [0.5, 0.6) is 0 Å². The van der Waals surface area contributed by atoms with Crippen molar-refractivity contribution in [2.45, 2.75) is 11.3 Å². The van der Waals surface area contributed by atoms with Gasteiger partial charge in [0.2, 0.25) is 11.8 Å². The maximum Gasteiger partial charge on any atom is 0.257 e. The number of nitrogens with zero attached hydrogens (tertiary/aromatic N) is 1. The van der Waals surface area contributed by atoms with Crippen molar-refractivity contribution in [2.24, 2.45) is 0 Å². The Hall–Kier alpha value is -3.40. The molecule has 0 saturated heterocycles. The zero-order valence-electron chi connectivity index (χ0n) is 17.9. The van der Waals surface area contributed by atoms with E-state index >= 15 is 0 Å². The summed E-state index contributed by atoms with van der Waals surface area (Å²) in [4.78, 5) is 40.4. The van der Waals surface area contributed by atoms with Gasteiger partial charge in [0.25, 0.3) is 5.91 Å². The fourth-order valence-corrected chi connectivity index (χ4v) is 5.18. The smallest absolute Gasteiger partial charge is 0.257 e. The topological polar surface area (TPSA) is 100 Å². The molecule has 1 aromatic heterocycles. The van der Waals surface area contributed by atoms with Crippen molar-refractivity contribution >= 4 is 79.7 Å². The number of nitrogens with one attached hydrogen (secondary N) is 3. The van der Waals surface area contributed by atoms with Gasteiger partial charge in [-0.05, 0) is 54.6 Å². The quantitative estimate of drug-likeness (QED) is 0.269. The third-order valence-corrected chi connectivity index (χ3v) is 7.05. The number of hydrogen-bond donors (Lipinski definition) is 3. The fourth-order valence-electron chi connectivity index (χ4n) is 3.05. The predicted molar refractivity (Wildman–Crippen MR) is 139 cm³/mol. The summed E-state index contributed by atoms with van der Waals surface area (Å²) in [5, 5.41) is 8.74. The Kier molecular flexibility index (Phi) is 7.46. The lowest BCUT2D eigenvalue weighted by Gasteiger charge is -2.06. The number of aromatic nitrogens is 1. The van der Waals surface area contributed by atoms with Crippen LogP contribution in [0.4, 0.5) is 17.1 Å². The summed E-state index contributed by atoms with van der Waals surface area (Å²) in [6.07, 6.45) is 0. The second-order valence-electron chi connectivity index (χ2n) is 7.19. The normalized spacial score (nSPS) is 10.6. The summed E-state index contributed by atoms with van der Waals surface area (Å²) in [6.45, 7) is 1.44. The average Bonchev–Trinajstić information content (AvgIpc) is 3.21. The van der Waals surface area contributed by atoms with Gasteiger partial charge in [0.15, 0.2) is 4.34 Å². The van der Waals surface area contributed by atoms with Crippen LogP contribution >= 0.6 is 34.7 Å². The molecule has 3 amide bonds. The van der Waals surface area contributed by atoms with Gasteiger partial charge in [-0.2, -0.15) is 0 Å². The largest absolute Gasteiger partial charge is 0.326 e. The number of carbonyl (C=O) groups is 3. The van der Waals surface area contributed by atoms with Crippen LogP contribution in [-0.2, 0) is 9.59 Å². The number of hydrogen-bond acceptors (Lipinski definition) is 6. The molecule has 0 aliphatic rings. The predicted octanol–water partition coefficient (Wildman–Crippen LogP) is 5.89. The lowest BCUT2D eigenvalue weighted by Crippen LogP contribution is -2.14. The molecule has 0 unspecified atom stereocenters. The molecule has 0 saturated carbocycles. The molecule has 34 heavy (non-hydrogen) atoms. The van der Waals surface area contributed by atoms with Crippen LogP contribution in [0.25, 0.3) is 10.2 Å². The van der Waals surface area contributed by atoms with Crippen molar-refractivity contribution in [1.82, 2.24) is 4.98 Å². The number of thioether (sulfide) groups is 1. The molecule has 1 heterocycles. The van der Waals surface area contributed by atoms with E-state index in [1.54, 1.807) is 54.6 Å². The average molecular weight is 511 g/mol. The molecule has 172 valence electrons. The first-order valence-corrected chi connectivity index (χ1v) is 12.3. The second kappa shape index (κ2) is 10.7. The highest BCUT2D eigenvalue weighted by atomic mass is 35.5. The summed E-state index contributed by atoms with van der Waals surface area (Å²) in [5.74, 6) is -0.405. The van der Waals surface area contributed by atoms with Crippen LogP contribution in [0, 0.1) is 0 Å². The summed E-state index contributed by atoms with van der Waals surface area (Å²) in [6, 6.07) is 19.2. The molecular formula is C24H19ClN4O3S2. The second-order valence-corrected chi connectivity index (χ2v) is 9.85. The fraction of sp³-hybridized carbons (Fsp3) is 0.0833. The Balaban J connectivity index is 1.35. The van der Waals surface area contributed by atoms with Crippen LogP contribution < -0.4 is 16.0 Å². The van der Waals surface area contributed by atoms with E-state index in [1.165, 1.54) is 30.0 Å². The van der Waals surface area contributed by atoms with Gasteiger partial charge in [-0.1, -0.05) is 35.5 Å². The Labute approximate surface area is 208 Å². The maximum absolute atomic E-state index is 12.5. The molecule has 0 atom stereocenters. The molecule has 0 radical (unpaired) electrons. The van der Waals surface area contributed by atoms with Crippen LogP contribution in [0.2, 0.25) is 5.02 Å². The maximum atomic E-state index is 12.5. The number of halogens is 1. The minimum Gasteiger partial charge on any atom is -0.326 e. The molecule has 0 bridgehead atoms. The Morgan fingerprint density at radius 3 is 2.29 bits per heavy atom. The van der Waals surface area contributed by atoms with Crippen molar-refractivity contribution in [3.05, 3.63) is 77.3 Å². The summed E-state index contributed by atoms with van der Waals surface area (Å²) in [7, 11) is 0. The number of thiazole rings is 1. The molecule has 0 fully saturated rings. The monoisotopic (exact) mass is 510 g/mol. The molecule has 4 rings (SSSR count). The van der Waals surface area contributed by atoms with E-state index < -0.39 is 0 Å². The zero-order valence-corrected chi connectivity index (χ0v) is 20.3. The van der Waals surface area contributed by atoms with Gasteiger partial charge in [-0.25, -0.2) is 4.98 Å². The summed E-state index contributed by atoms with van der Waals surface area (Å²) in [5.41, 5.74) is 3.13. The highest BCUT2D eigenvalue weighted by molar-refractivity contribution is 8.01. The molecule has 10 heteroatoms. The Morgan fingerprint density at radius 2 is 1.59 bits per heavy atom. The molecular weight excluding hydrogens is 492 g/mol. The minimum absolute atomic E-state index is 0.154. The van der Waals surface area contributed by atoms with Crippen LogP contribution in [0.1, 0.15) is 17.3 Å². The SMILES string of the molecule is CC(=O)Nc1ccc(NC(=O)CSc2nc3ccc(NC(=O)c4ccccc4Cl)cc3s2)cc1. The van der Waals surface area contributed by atoms with Gasteiger partial charge in [0, 0.05) is 24.0 Å². The number of amides is 3. The Bertz CT molecular complexity index is 1370. The lowest BCUT2D eigenvalue weighted by atomic mass is 10.2. The number of fused-ring (bicyclic) bond motifs is 1. The third-order valence-electron chi connectivity index (χ3n) is 4.56. The molecule has 3 N–H and O–H groups in total. The first-order valence-electron chi connectivity index (χ1n) is 10.1. The van der Waals surface area contributed by atoms with Gasteiger partial charge in [-0.15, -0.1) is 11.3 Å². The first kappa shape index (κ1) is 23.7. The van der Waals surface area contributed by atoms with Crippen LogP contribution in [-0.4, -0.2) is 28.5 Å². The van der Waals surface area contributed by atoms with E-state index in [1.807, 2.05) is 12.1 Å². The molecule has 3 aromatic carbocycles. The van der Waals surface area contributed by atoms with E-state index in [4.69, 9.17) is 11.6 Å². The van der Waals surface area contributed by atoms with Crippen LogP contribution in [0.3, 0.4) is 0 Å². The number of carbonyl (C=O) groups excluding carboxylic acids is 3. The molecule has 0 aliphatic heterocycles. The standard InChI is InChI=1S/C24H19ClN4O3S2/c1-14(30)26-15-6-8-16(9-7-15)27-22(31)13-33-24-29-20-11-10-17(12-21(20)34-24)28-23(32)18-4-2-3-5-19(18)25/h2-12H,13H2,1H3,(H,26,30)(H,27,31)(H,28,32). The van der Waals surface area contributed by atoms with E-state index in [-0.39, 0.29) is 23.5 Å². The molecule has 0 aliphatic carbocycles. The molecule has 4 aromatic rings. The lowest BCUT2D eigenvalue weighted by molar-refractivity contribution is -0.114. The summed E-state index contributed by atoms with van der Waals surface area (Å²) >= 11 is 8.89. The highest BCUT2D eigenvalue weighted by Gasteiger charge is 2.12. The zero-order chi connectivity index (χ0) is 24.1. The minimum atomic E-state index is -0.286. The first-order chi connectivity index (χ1) is 16.4. The van der Waals surface area contributed by atoms with E-state index in [0.29, 0.717) is 27.6 Å².